The minimum Gasteiger partial charge on any atom is -0.355 e. The van der Waals surface area contributed by atoms with E-state index in [1.807, 2.05) is 0 Å². The summed E-state index contributed by atoms with van der Waals surface area (Å²) in [6.07, 6.45) is -1.55. The van der Waals surface area contributed by atoms with Gasteiger partial charge in [-0.25, -0.2) is 0 Å². The topological polar surface area (TPSA) is 41.1 Å². The van der Waals surface area contributed by atoms with E-state index in [-0.39, 0.29) is 19.5 Å². The molecule has 1 unspecified atom stereocenters. The molecule has 1 heterocycles. The van der Waals surface area contributed by atoms with Crippen LogP contribution in [0, 0.1) is 11.3 Å². The highest BCUT2D eigenvalue weighted by Gasteiger charge is 2.61. The first-order chi connectivity index (χ1) is 7.96. The molecule has 17 heavy (non-hydrogen) atoms. The standard InChI is InChI=1S/C11H17F3N2O/c12-11(13,14)10(4-6-15-7-10)9(17)16-5-3-8-1-2-8/h8,15H,1-7H2,(H,16,17). The van der Waals surface area contributed by atoms with Crippen LogP contribution in [0.5, 0.6) is 0 Å². The number of alkyl halides is 3. The Morgan fingerprint density at radius 3 is 2.59 bits per heavy atom. The second-order valence-corrected chi connectivity index (χ2v) is 4.99. The second-order valence-electron chi connectivity index (χ2n) is 4.99. The maximum absolute atomic E-state index is 13.0. The maximum Gasteiger partial charge on any atom is 0.404 e. The molecule has 1 saturated heterocycles. The summed E-state index contributed by atoms with van der Waals surface area (Å²) in [5.74, 6) is -0.255. The van der Waals surface area contributed by atoms with Gasteiger partial charge >= 0.3 is 6.18 Å². The fourth-order valence-corrected chi connectivity index (χ4v) is 2.22. The summed E-state index contributed by atoms with van der Waals surface area (Å²) in [7, 11) is 0. The van der Waals surface area contributed by atoms with Gasteiger partial charge in [-0.3, -0.25) is 4.79 Å². The van der Waals surface area contributed by atoms with Crippen molar-refractivity contribution in [3.05, 3.63) is 0 Å². The molecule has 0 bridgehead atoms. The lowest BCUT2D eigenvalue weighted by Crippen LogP contribution is -2.52. The largest absolute Gasteiger partial charge is 0.404 e. The van der Waals surface area contributed by atoms with Crippen LogP contribution in [0.15, 0.2) is 0 Å². The van der Waals surface area contributed by atoms with E-state index in [0.717, 1.165) is 19.3 Å². The first kappa shape index (κ1) is 12.7. The highest BCUT2D eigenvalue weighted by Crippen LogP contribution is 2.43. The lowest BCUT2D eigenvalue weighted by atomic mass is 9.85. The van der Waals surface area contributed by atoms with Gasteiger partial charge in [0, 0.05) is 13.1 Å². The Morgan fingerprint density at radius 2 is 2.12 bits per heavy atom. The van der Waals surface area contributed by atoms with Crippen LogP contribution in [-0.2, 0) is 4.79 Å². The van der Waals surface area contributed by atoms with Gasteiger partial charge in [-0.2, -0.15) is 13.2 Å². The molecular weight excluding hydrogens is 233 g/mol. The molecule has 1 saturated carbocycles. The molecule has 98 valence electrons. The number of carbonyl (C=O) groups is 1. The molecule has 2 N–H and O–H groups in total. The monoisotopic (exact) mass is 250 g/mol. The van der Waals surface area contributed by atoms with Crippen LogP contribution in [0.4, 0.5) is 13.2 Å². The van der Waals surface area contributed by atoms with Crippen molar-refractivity contribution >= 4 is 5.91 Å². The second kappa shape index (κ2) is 4.48. The molecule has 0 radical (unpaired) electrons. The van der Waals surface area contributed by atoms with E-state index in [1.165, 1.54) is 0 Å². The zero-order chi connectivity index (χ0) is 12.5. The van der Waals surface area contributed by atoms with Crippen LogP contribution in [-0.4, -0.2) is 31.7 Å². The van der Waals surface area contributed by atoms with E-state index in [0.29, 0.717) is 12.5 Å². The summed E-state index contributed by atoms with van der Waals surface area (Å²) >= 11 is 0. The molecule has 2 rings (SSSR count). The molecule has 0 aromatic carbocycles. The summed E-state index contributed by atoms with van der Waals surface area (Å²) in [5.41, 5.74) is -2.21. The smallest absolute Gasteiger partial charge is 0.355 e. The van der Waals surface area contributed by atoms with E-state index in [1.54, 1.807) is 0 Å². The zero-order valence-corrected chi connectivity index (χ0v) is 9.57. The first-order valence-corrected chi connectivity index (χ1v) is 6.01. The molecule has 0 aromatic rings. The summed E-state index contributed by atoms with van der Waals surface area (Å²) in [6, 6.07) is 0. The van der Waals surface area contributed by atoms with E-state index in [2.05, 4.69) is 10.6 Å². The first-order valence-electron chi connectivity index (χ1n) is 6.01. The Bertz CT molecular complexity index is 294. The van der Waals surface area contributed by atoms with Crippen molar-refractivity contribution in [2.75, 3.05) is 19.6 Å². The van der Waals surface area contributed by atoms with Crippen molar-refractivity contribution < 1.29 is 18.0 Å². The highest BCUT2D eigenvalue weighted by molar-refractivity contribution is 5.84. The Balaban J connectivity index is 1.92. The third-order valence-corrected chi connectivity index (χ3v) is 3.67. The van der Waals surface area contributed by atoms with Crippen LogP contribution >= 0.6 is 0 Å². The van der Waals surface area contributed by atoms with Crippen molar-refractivity contribution in [1.29, 1.82) is 0 Å². The van der Waals surface area contributed by atoms with Crippen LogP contribution in [0.1, 0.15) is 25.7 Å². The third kappa shape index (κ3) is 2.56. The molecule has 1 aliphatic heterocycles. The summed E-state index contributed by atoms with van der Waals surface area (Å²) in [6.45, 7) is 0.308. The number of halogens is 3. The maximum atomic E-state index is 13.0. The fourth-order valence-electron chi connectivity index (χ4n) is 2.22. The minimum absolute atomic E-state index is 0.161. The molecule has 1 amide bonds. The number of carbonyl (C=O) groups excluding carboxylic acids is 1. The Kier molecular flexibility index (Phi) is 3.34. The highest BCUT2D eigenvalue weighted by atomic mass is 19.4. The molecule has 1 atom stereocenters. The number of hydrogen-bond acceptors (Lipinski definition) is 2. The van der Waals surface area contributed by atoms with E-state index in [9.17, 15) is 18.0 Å². The van der Waals surface area contributed by atoms with E-state index < -0.39 is 17.5 Å². The van der Waals surface area contributed by atoms with Crippen molar-refractivity contribution in [3.8, 4) is 0 Å². The third-order valence-electron chi connectivity index (χ3n) is 3.67. The van der Waals surface area contributed by atoms with Crippen molar-refractivity contribution in [3.63, 3.8) is 0 Å². The molecule has 2 fully saturated rings. The van der Waals surface area contributed by atoms with Crippen molar-refractivity contribution in [2.24, 2.45) is 11.3 Å². The molecule has 3 nitrogen and oxygen atoms in total. The van der Waals surface area contributed by atoms with Gasteiger partial charge in [0.05, 0.1) is 0 Å². The van der Waals surface area contributed by atoms with Gasteiger partial charge in [-0.05, 0) is 25.3 Å². The molecule has 6 heteroatoms. The van der Waals surface area contributed by atoms with Crippen LogP contribution in [0.3, 0.4) is 0 Å². The molecule has 1 aliphatic carbocycles. The summed E-state index contributed by atoms with van der Waals surface area (Å²) in [4.78, 5) is 11.7. The fraction of sp³-hybridized carbons (Fsp3) is 0.909. The van der Waals surface area contributed by atoms with Gasteiger partial charge in [0.25, 0.3) is 0 Å². The van der Waals surface area contributed by atoms with Crippen LogP contribution in [0.25, 0.3) is 0 Å². The lowest BCUT2D eigenvalue weighted by molar-refractivity contribution is -0.216. The number of hydrogen-bond donors (Lipinski definition) is 2. The Morgan fingerprint density at radius 1 is 1.41 bits per heavy atom. The van der Waals surface area contributed by atoms with Crippen LogP contribution in [0.2, 0.25) is 0 Å². The Hall–Kier alpha value is -0.780. The van der Waals surface area contributed by atoms with Gasteiger partial charge in [0.15, 0.2) is 5.41 Å². The van der Waals surface area contributed by atoms with Gasteiger partial charge in [0.1, 0.15) is 0 Å². The average Bonchev–Trinajstić information content (AvgIpc) is 2.91. The predicted octanol–water partition coefficient (Wildman–Crippen LogP) is 1.44. The van der Waals surface area contributed by atoms with Crippen molar-refractivity contribution in [1.82, 2.24) is 10.6 Å². The lowest BCUT2D eigenvalue weighted by Gasteiger charge is -2.29. The number of amides is 1. The van der Waals surface area contributed by atoms with E-state index in [4.69, 9.17) is 0 Å². The predicted molar refractivity (Wildman–Crippen MR) is 56.3 cm³/mol. The quantitative estimate of drug-likeness (QED) is 0.792. The molecule has 0 spiro atoms. The number of rotatable bonds is 4. The van der Waals surface area contributed by atoms with Gasteiger partial charge in [-0.15, -0.1) is 0 Å². The van der Waals surface area contributed by atoms with E-state index >= 15 is 0 Å². The van der Waals surface area contributed by atoms with Gasteiger partial charge in [0.2, 0.25) is 5.91 Å². The van der Waals surface area contributed by atoms with Gasteiger partial charge in [-0.1, -0.05) is 12.8 Å². The zero-order valence-electron chi connectivity index (χ0n) is 9.57. The molecular formula is C11H17F3N2O. The Labute approximate surface area is 98.1 Å². The summed E-state index contributed by atoms with van der Waals surface area (Å²) in [5, 5.41) is 5.08. The molecule has 0 aromatic heterocycles. The molecule has 2 aliphatic rings. The van der Waals surface area contributed by atoms with Crippen LogP contribution < -0.4 is 10.6 Å². The van der Waals surface area contributed by atoms with Gasteiger partial charge < -0.3 is 10.6 Å². The SMILES string of the molecule is O=C(NCCC1CC1)C1(C(F)(F)F)CCNC1. The average molecular weight is 250 g/mol. The normalized spacial score (nSPS) is 29.4. The van der Waals surface area contributed by atoms with Crippen molar-refractivity contribution in [2.45, 2.75) is 31.9 Å². The minimum atomic E-state index is -4.47. The summed E-state index contributed by atoms with van der Waals surface area (Å²) < 4.78 is 38.9. The number of nitrogens with one attached hydrogen (secondary N) is 2.